The molecule has 138 valence electrons. The Morgan fingerprint density at radius 3 is 1.88 bits per heavy atom. The van der Waals surface area contributed by atoms with Crippen molar-refractivity contribution in [1.29, 1.82) is 0 Å². The Bertz CT molecular complexity index is 806. The molecule has 26 heavy (non-hydrogen) atoms. The van der Waals surface area contributed by atoms with Gasteiger partial charge >= 0.3 is 0 Å². The van der Waals surface area contributed by atoms with Crippen LogP contribution in [0.2, 0.25) is 0 Å². The van der Waals surface area contributed by atoms with Gasteiger partial charge in [-0.2, -0.15) is 0 Å². The lowest BCUT2D eigenvalue weighted by molar-refractivity contribution is 0.225. The predicted octanol–water partition coefficient (Wildman–Crippen LogP) is 5.99. The first-order valence-corrected chi connectivity index (χ1v) is 9.51. The van der Waals surface area contributed by atoms with Crippen molar-refractivity contribution in [2.75, 3.05) is 0 Å². The average molecular weight is 348 g/mol. The highest BCUT2D eigenvalue weighted by atomic mass is 14.5. The normalized spacial score (nSPS) is 12.0. The molecule has 0 radical (unpaired) electrons. The molecule has 1 nitrogen and oxygen atoms in total. The molecule has 2 rings (SSSR count). The van der Waals surface area contributed by atoms with Gasteiger partial charge in [0.1, 0.15) is 0 Å². The molecule has 2 aromatic rings. The zero-order valence-electron chi connectivity index (χ0n) is 17.4. The van der Waals surface area contributed by atoms with E-state index >= 15 is 0 Å². The van der Waals surface area contributed by atoms with E-state index in [9.17, 15) is 0 Å². The van der Waals surface area contributed by atoms with Crippen LogP contribution < -0.4 is 5.73 Å². The van der Waals surface area contributed by atoms with Crippen molar-refractivity contribution in [3.63, 3.8) is 0 Å². The van der Waals surface area contributed by atoms with Crippen LogP contribution in [0.25, 0.3) is 0 Å². The maximum absolute atomic E-state index is 5.85. The molecule has 0 unspecified atom stereocenters. The van der Waals surface area contributed by atoms with Crippen LogP contribution in [0.1, 0.15) is 82.2 Å². The van der Waals surface area contributed by atoms with Gasteiger partial charge in [0.2, 0.25) is 0 Å². The molecule has 0 aliphatic carbocycles. The monoisotopic (exact) mass is 347 g/mol. The van der Waals surface area contributed by atoms with Gasteiger partial charge in [0.05, 0.1) is 0 Å². The number of benzene rings is 2. The first-order valence-electron chi connectivity index (χ1n) is 9.51. The zero-order chi connectivity index (χ0) is 19.5. The van der Waals surface area contributed by atoms with Crippen LogP contribution in [0.15, 0.2) is 42.5 Å². The van der Waals surface area contributed by atoms with Crippen LogP contribution in [-0.4, -0.2) is 0 Å². The molecule has 0 amide bonds. The van der Waals surface area contributed by atoms with Crippen LogP contribution in [0.3, 0.4) is 0 Å². The second kappa shape index (κ2) is 7.68. The van der Waals surface area contributed by atoms with E-state index in [4.69, 9.17) is 5.73 Å². The van der Waals surface area contributed by atoms with E-state index in [1.165, 1.54) is 16.7 Å². The third-order valence-corrected chi connectivity index (χ3v) is 5.82. The average Bonchev–Trinajstić information content (AvgIpc) is 2.59. The molecule has 2 N–H and O–H groups in total. The molecular weight excluding hydrogens is 314 g/mol. The SMILES string of the molecule is CC(C)c1cc(C#Cc2ccc(C(C)(C)C(C)(C)C)cc2)ccc1CN. The highest BCUT2D eigenvalue weighted by molar-refractivity contribution is 5.47. The fourth-order valence-electron chi connectivity index (χ4n) is 2.94. The van der Waals surface area contributed by atoms with Gasteiger partial charge in [-0.05, 0) is 57.7 Å². The zero-order valence-corrected chi connectivity index (χ0v) is 17.4. The lowest BCUT2D eigenvalue weighted by Gasteiger charge is -2.39. The van der Waals surface area contributed by atoms with Crippen molar-refractivity contribution in [3.05, 3.63) is 70.3 Å². The highest BCUT2D eigenvalue weighted by Crippen LogP contribution is 2.40. The van der Waals surface area contributed by atoms with Crippen LogP contribution in [0.5, 0.6) is 0 Å². The van der Waals surface area contributed by atoms with Gasteiger partial charge in [-0.25, -0.2) is 0 Å². The molecule has 0 spiro atoms. The Kier molecular flexibility index (Phi) is 5.99. The maximum atomic E-state index is 5.85. The van der Waals surface area contributed by atoms with Crippen LogP contribution >= 0.6 is 0 Å². The van der Waals surface area contributed by atoms with Gasteiger partial charge in [-0.3, -0.25) is 0 Å². The molecule has 0 fully saturated rings. The van der Waals surface area contributed by atoms with Crippen molar-refractivity contribution in [2.45, 2.75) is 66.3 Å². The molecule has 0 aliphatic rings. The number of hydrogen-bond acceptors (Lipinski definition) is 1. The number of hydrogen-bond donors (Lipinski definition) is 1. The summed E-state index contributed by atoms with van der Waals surface area (Å²) in [6.07, 6.45) is 0. The molecule has 0 saturated carbocycles. The molecule has 0 heterocycles. The quantitative estimate of drug-likeness (QED) is 0.678. The van der Waals surface area contributed by atoms with Crippen LogP contribution in [-0.2, 0) is 12.0 Å². The molecule has 0 atom stereocenters. The summed E-state index contributed by atoms with van der Waals surface area (Å²) in [6, 6.07) is 15.0. The number of rotatable bonds is 3. The fourth-order valence-corrected chi connectivity index (χ4v) is 2.94. The standard InChI is InChI=1S/C25H33N/c1-18(2)23-16-20(10-13-21(23)17-26)9-8-19-11-14-22(15-12-19)25(6,7)24(3,4)5/h10-16,18H,17,26H2,1-7H3. The molecule has 1 heteroatoms. The van der Waals surface area contributed by atoms with Gasteiger partial charge in [0, 0.05) is 17.7 Å². The minimum atomic E-state index is 0.114. The molecule has 0 aliphatic heterocycles. The minimum Gasteiger partial charge on any atom is -0.326 e. The second-order valence-electron chi connectivity index (χ2n) is 8.97. The molecule has 2 aromatic carbocycles. The Labute approximate surface area is 160 Å². The van der Waals surface area contributed by atoms with Crippen LogP contribution in [0.4, 0.5) is 0 Å². The summed E-state index contributed by atoms with van der Waals surface area (Å²) in [7, 11) is 0. The van der Waals surface area contributed by atoms with Crippen molar-refractivity contribution in [1.82, 2.24) is 0 Å². The molecule has 0 saturated heterocycles. The summed E-state index contributed by atoms with van der Waals surface area (Å²) in [5, 5.41) is 0. The summed E-state index contributed by atoms with van der Waals surface area (Å²) < 4.78 is 0. The lowest BCUT2D eigenvalue weighted by atomic mass is 9.65. The third-order valence-electron chi connectivity index (χ3n) is 5.82. The first kappa shape index (κ1) is 20.3. The van der Waals surface area contributed by atoms with Crippen molar-refractivity contribution in [3.8, 4) is 11.8 Å². The number of nitrogens with two attached hydrogens (primary N) is 1. The summed E-state index contributed by atoms with van der Waals surface area (Å²) in [5.41, 5.74) is 12.1. The Morgan fingerprint density at radius 2 is 1.38 bits per heavy atom. The largest absolute Gasteiger partial charge is 0.326 e. The summed E-state index contributed by atoms with van der Waals surface area (Å²) in [4.78, 5) is 0. The van der Waals surface area contributed by atoms with Gasteiger partial charge in [0.25, 0.3) is 0 Å². The topological polar surface area (TPSA) is 26.0 Å². The van der Waals surface area contributed by atoms with E-state index in [-0.39, 0.29) is 10.8 Å². The van der Waals surface area contributed by atoms with E-state index in [2.05, 4.69) is 103 Å². The smallest absolute Gasteiger partial charge is 0.0252 e. The van der Waals surface area contributed by atoms with E-state index in [0.29, 0.717) is 12.5 Å². The summed E-state index contributed by atoms with van der Waals surface area (Å²) >= 11 is 0. The molecular formula is C25H33N. The van der Waals surface area contributed by atoms with E-state index in [1.54, 1.807) is 0 Å². The van der Waals surface area contributed by atoms with Gasteiger partial charge in [-0.15, -0.1) is 0 Å². The van der Waals surface area contributed by atoms with E-state index < -0.39 is 0 Å². The third kappa shape index (κ3) is 4.37. The second-order valence-corrected chi connectivity index (χ2v) is 8.97. The lowest BCUT2D eigenvalue weighted by Crippen LogP contribution is -2.33. The maximum Gasteiger partial charge on any atom is 0.0252 e. The van der Waals surface area contributed by atoms with Gasteiger partial charge in [-0.1, -0.05) is 78.5 Å². The van der Waals surface area contributed by atoms with Crippen molar-refractivity contribution >= 4 is 0 Å². The summed E-state index contributed by atoms with van der Waals surface area (Å²) in [6.45, 7) is 16.4. The molecule has 0 aromatic heterocycles. The van der Waals surface area contributed by atoms with Crippen molar-refractivity contribution < 1.29 is 0 Å². The van der Waals surface area contributed by atoms with Crippen molar-refractivity contribution in [2.24, 2.45) is 11.1 Å². The Morgan fingerprint density at radius 1 is 0.846 bits per heavy atom. The Balaban J connectivity index is 2.28. The first-order chi connectivity index (χ1) is 12.1. The fraction of sp³-hybridized carbons (Fsp3) is 0.440. The van der Waals surface area contributed by atoms with E-state index in [1.807, 2.05) is 0 Å². The predicted molar refractivity (Wildman–Crippen MR) is 113 cm³/mol. The highest BCUT2D eigenvalue weighted by Gasteiger charge is 2.34. The molecule has 0 bridgehead atoms. The Hall–Kier alpha value is -2.04. The van der Waals surface area contributed by atoms with Gasteiger partial charge in [0.15, 0.2) is 0 Å². The minimum absolute atomic E-state index is 0.114. The van der Waals surface area contributed by atoms with Gasteiger partial charge < -0.3 is 5.73 Å². The van der Waals surface area contributed by atoms with E-state index in [0.717, 1.165) is 11.1 Å². The summed E-state index contributed by atoms with van der Waals surface area (Å²) in [5.74, 6) is 7.06. The van der Waals surface area contributed by atoms with Crippen LogP contribution in [0, 0.1) is 17.3 Å².